The van der Waals surface area contributed by atoms with Crippen LogP contribution in [0.15, 0.2) is 29.4 Å². The van der Waals surface area contributed by atoms with Gasteiger partial charge in [0.25, 0.3) is 0 Å². The predicted molar refractivity (Wildman–Crippen MR) is 62.0 cm³/mol. The summed E-state index contributed by atoms with van der Waals surface area (Å²) in [5.74, 6) is 5.82. The van der Waals surface area contributed by atoms with Gasteiger partial charge in [0.15, 0.2) is 5.78 Å². The lowest BCUT2D eigenvalue weighted by Crippen LogP contribution is -1.91. The Hall–Kier alpha value is -2.24. The van der Waals surface area contributed by atoms with E-state index in [1.54, 1.807) is 18.2 Å². The molecule has 0 aliphatic rings. The van der Waals surface area contributed by atoms with Gasteiger partial charge >= 0.3 is 0 Å². The van der Waals surface area contributed by atoms with Crippen LogP contribution in [0.4, 0.5) is 0 Å². The first-order valence-corrected chi connectivity index (χ1v) is 4.85. The molecule has 0 aliphatic carbocycles. The summed E-state index contributed by atoms with van der Waals surface area (Å²) < 4.78 is 0. The molecule has 1 aromatic carbocycles. The minimum atomic E-state index is 0.0257. The number of hydrogen-bond acceptors (Lipinski definition) is 2. The molecule has 0 saturated heterocycles. The topological polar surface area (TPSA) is 65.8 Å². The molecule has 16 heavy (non-hydrogen) atoms. The van der Waals surface area contributed by atoms with Gasteiger partial charge in [0, 0.05) is 29.0 Å². The van der Waals surface area contributed by atoms with Gasteiger partial charge in [0.05, 0.1) is 0 Å². The molecule has 80 valence electrons. The van der Waals surface area contributed by atoms with Gasteiger partial charge in [0.1, 0.15) is 0 Å². The fraction of sp³-hybridized carbons (Fsp3) is 0.250. The Labute approximate surface area is 93.9 Å². The highest BCUT2D eigenvalue weighted by Gasteiger charge is 1.97. The van der Waals surface area contributed by atoms with Crippen molar-refractivity contribution in [3.05, 3.63) is 45.8 Å². The van der Waals surface area contributed by atoms with Crippen molar-refractivity contribution < 1.29 is 4.79 Å². The van der Waals surface area contributed by atoms with Crippen molar-refractivity contribution in [1.82, 2.24) is 0 Å². The second kappa shape index (κ2) is 6.28. The molecular weight excluding hydrogens is 202 g/mol. The first-order chi connectivity index (χ1) is 7.74. The summed E-state index contributed by atoms with van der Waals surface area (Å²) in [7, 11) is 0. The largest absolute Gasteiger partial charge is 0.295 e. The molecule has 0 spiro atoms. The van der Waals surface area contributed by atoms with Crippen molar-refractivity contribution in [2.45, 2.75) is 13.3 Å². The van der Waals surface area contributed by atoms with Crippen molar-refractivity contribution in [3.8, 4) is 11.8 Å². The molecule has 0 amide bonds. The van der Waals surface area contributed by atoms with E-state index in [0.717, 1.165) is 5.56 Å². The Morgan fingerprint density at radius 3 is 3.06 bits per heavy atom. The zero-order valence-corrected chi connectivity index (χ0v) is 8.97. The molecule has 4 heteroatoms. The fourth-order valence-corrected chi connectivity index (χ4v) is 1.13. The van der Waals surface area contributed by atoms with E-state index >= 15 is 0 Å². The number of benzene rings is 1. The molecule has 0 radical (unpaired) electrons. The van der Waals surface area contributed by atoms with Crippen molar-refractivity contribution >= 4 is 5.78 Å². The molecule has 1 rings (SSSR count). The molecular formula is C12H11N3O. The monoisotopic (exact) mass is 213 g/mol. The number of carbonyl (C=O) groups excluding carboxylic acids is 1. The molecule has 0 unspecified atom stereocenters. The smallest absolute Gasteiger partial charge is 0.159 e. The van der Waals surface area contributed by atoms with Gasteiger partial charge in [-0.1, -0.05) is 29.1 Å². The Kier molecular flexibility index (Phi) is 4.65. The average molecular weight is 213 g/mol. The normalized spacial score (nSPS) is 8.56. The third-order valence-electron chi connectivity index (χ3n) is 1.90. The van der Waals surface area contributed by atoms with Gasteiger partial charge in [-0.25, -0.2) is 0 Å². The summed E-state index contributed by atoms with van der Waals surface area (Å²) in [4.78, 5) is 13.7. The molecule has 0 aliphatic heterocycles. The lowest BCUT2D eigenvalue weighted by atomic mass is 10.1. The molecule has 4 nitrogen and oxygen atoms in total. The molecule has 0 aromatic heterocycles. The van der Waals surface area contributed by atoms with Crippen LogP contribution in [-0.2, 0) is 0 Å². The number of azide groups is 1. The van der Waals surface area contributed by atoms with Crippen LogP contribution < -0.4 is 0 Å². The maximum absolute atomic E-state index is 11.1. The second-order valence-corrected chi connectivity index (χ2v) is 3.14. The molecule has 0 bridgehead atoms. The van der Waals surface area contributed by atoms with Gasteiger partial charge in [0.2, 0.25) is 0 Å². The Morgan fingerprint density at radius 2 is 2.38 bits per heavy atom. The van der Waals surface area contributed by atoms with E-state index in [2.05, 4.69) is 21.9 Å². The van der Waals surface area contributed by atoms with Gasteiger partial charge in [-0.3, -0.25) is 4.79 Å². The van der Waals surface area contributed by atoms with Gasteiger partial charge in [-0.05, 0) is 24.6 Å². The van der Waals surface area contributed by atoms with Crippen LogP contribution in [0.3, 0.4) is 0 Å². The second-order valence-electron chi connectivity index (χ2n) is 3.14. The van der Waals surface area contributed by atoms with Crippen LogP contribution in [0.1, 0.15) is 29.3 Å². The van der Waals surface area contributed by atoms with Crippen molar-refractivity contribution in [2.75, 3.05) is 6.54 Å². The van der Waals surface area contributed by atoms with Gasteiger partial charge in [-0.15, -0.1) is 0 Å². The van der Waals surface area contributed by atoms with Crippen LogP contribution in [-0.4, -0.2) is 12.3 Å². The maximum atomic E-state index is 11.1. The van der Waals surface area contributed by atoms with E-state index in [0.29, 0.717) is 18.5 Å². The zero-order chi connectivity index (χ0) is 11.8. The summed E-state index contributed by atoms with van der Waals surface area (Å²) in [6.07, 6.45) is 0.522. The predicted octanol–water partition coefficient (Wildman–Crippen LogP) is 2.94. The highest BCUT2D eigenvalue weighted by atomic mass is 16.1. The Balaban J connectivity index is 2.69. The van der Waals surface area contributed by atoms with E-state index in [1.807, 2.05) is 6.07 Å². The van der Waals surface area contributed by atoms with Crippen molar-refractivity contribution in [3.63, 3.8) is 0 Å². The van der Waals surface area contributed by atoms with E-state index in [9.17, 15) is 4.79 Å². The third kappa shape index (κ3) is 3.87. The first kappa shape index (κ1) is 11.8. The van der Waals surface area contributed by atoms with Crippen LogP contribution >= 0.6 is 0 Å². The molecule has 0 heterocycles. The van der Waals surface area contributed by atoms with Gasteiger partial charge in [-0.2, -0.15) is 0 Å². The van der Waals surface area contributed by atoms with Gasteiger partial charge < -0.3 is 0 Å². The molecule has 1 aromatic rings. The minimum absolute atomic E-state index is 0.0257. The van der Waals surface area contributed by atoms with Crippen LogP contribution in [0.25, 0.3) is 10.4 Å². The van der Waals surface area contributed by atoms with E-state index in [4.69, 9.17) is 5.53 Å². The van der Waals surface area contributed by atoms with E-state index < -0.39 is 0 Å². The van der Waals surface area contributed by atoms with Crippen LogP contribution in [0.5, 0.6) is 0 Å². The number of carbonyl (C=O) groups is 1. The zero-order valence-electron chi connectivity index (χ0n) is 8.97. The lowest BCUT2D eigenvalue weighted by Gasteiger charge is -1.95. The summed E-state index contributed by atoms with van der Waals surface area (Å²) in [5.41, 5.74) is 9.51. The molecule has 0 atom stereocenters. The highest BCUT2D eigenvalue weighted by molar-refractivity contribution is 5.94. The highest BCUT2D eigenvalue weighted by Crippen LogP contribution is 2.04. The fourth-order valence-electron chi connectivity index (χ4n) is 1.13. The Bertz CT molecular complexity index is 490. The van der Waals surface area contributed by atoms with Crippen LogP contribution in [0.2, 0.25) is 0 Å². The van der Waals surface area contributed by atoms with E-state index in [-0.39, 0.29) is 5.78 Å². The quantitative estimate of drug-likeness (QED) is 0.190. The Morgan fingerprint density at radius 1 is 1.56 bits per heavy atom. The number of nitrogens with zero attached hydrogens (tertiary/aromatic N) is 3. The number of ketones is 1. The SMILES string of the molecule is CC(=O)c1cccc(C#CCCN=[N+]=[N-])c1. The van der Waals surface area contributed by atoms with Crippen molar-refractivity contribution in [2.24, 2.45) is 5.11 Å². The summed E-state index contributed by atoms with van der Waals surface area (Å²) in [6, 6.07) is 7.15. The number of rotatable bonds is 3. The minimum Gasteiger partial charge on any atom is -0.295 e. The molecule has 0 saturated carbocycles. The molecule has 0 N–H and O–H groups in total. The lowest BCUT2D eigenvalue weighted by molar-refractivity contribution is 0.101. The summed E-state index contributed by atoms with van der Waals surface area (Å²) in [5, 5.41) is 3.37. The third-order valence-corrected chi connectivity index (χ3v) is 1.90. The average Bonchev–Trinajstić information content (AvgIpc) is 2.29. The summed E-state index contributed by atoms with van der Waals surface area (Å²) in [6.45, 7) is 1.89. The number of hydrogen-bond donors (Lipinski definition) is 0. The first-order valence-electron chi connectivity index (χ1n) is 4.85. The van der Waals surface area contributed by atoms with Crippen molar-refractivity contribution in [1.29, 1.82) is 0 Å². The maximum Gasteiger partial charge on any atom is 0.159 e. The summed E-state index contributed by atoms with van der Waals surface area (Å²) >= 11 is 0. The van der Waals surface area contributed by atoms with Crippen LogP contribution in [0, 0.1) is 11.8 Å². The standard InChI is InChI=1S/C12H11N3O/c1-10(16)12-7-4-6-11(9-12)5-2-3-8-14-15-13/h4,6-7,9H,3,8H2,1H3. The number of Topliss-reactive ketones (excluding diaryl/α,β-unsaturated/α-hetero) is 1. The molecule has 0 fully saturated rings. The van der Waals surface area contributed by atoms with E-state index in [1.165, 1.54) is 6.92 Å².